The van der Waals surface area contributed by atoms with Crippen LogP contribution in [0.4, 0.5) is 5.69 Å². The van der Waals surface area contributed by atoms with Crippen LogP contribution in [0.3, 0.4) is 0 Å². The molecule has 2 amide bonds. The van der Waals surface area contributed by atoms with Crippen LogP contribution in [0.1, 0.15) is 12.3 Å². The number of imide groups is 1. The Morgan fingerprint density at radius 2 is 2.05 bits per heavy atom. The van der Waals surface area contributed by atoms with Crippen molar-refractivity contribution in [2.45, 2.75) is 13.0 Å². The molecule has 2 aliphatic rings. The first-order valence-electron chi connectivity index (χ1n) is 6.13. The molecule has 96 valence electrons. The van der Waals surface area contributed by atoms with Crippen molar-refractivity contribution in [3.8, 4) is 0 Å². The summed E-state index contributed by atoms with van der Waals surface area (Å²) in [6.07, 6.45) is 0.707. The highest BCUT2D eigenvalue weighted by molar-refractivity contribution is 6.08. The molecule has 6 heteroatoms. The highest BCUT2D eigenvalue weighted by atomic mass is 16.3. The van der Waals surface area contributed by atoms with Gasteiger partial charge in [0.25, 0.3) is 0 Å². The summed E-state index contributed by atoms with van der Waals surface area (Å²) < 4.78 is 5.52. The number of anilines is 1. The Hall–Kier alpha value is -2.37. The molecule has 2 N–H and O–H groups in total. The summed E-state index contributed by atoms with van der Waals surface area (Å²) in [4.78, 5) is 29.2. The molecule has 4 rings (SSSR count). The molecule has 1 aliphatic heterocycles. The Morgan fingerprint density at radius 3 is 2.79 bits per heavy atom. The molecule has 2 aromatic rings. The Morgan fingerprint density at radius 1 is 1.32 bits per heavy atom. The number of carbonyl (C=O) groups is 2. The molecule has 1 aliphatic carbocycles. The van der Waals surface area contributed by atoms with E-state index in [0.29, 0.717) is 29.1 Å². The zero-order valence-corrected chi connectivity index (χ0v) is 10.00. The quantitative estimate of drug-likeness (QED) is 0.638. The molecule has 2 unspecified atom stereocenters. The number of hydrogen-bond donors (Lipinski definition) is 1. The second kappa shape index (κ2) is 3.34. The second-order valence-corrected chi connectivity index (χ2v) is 5.05. The lowest BCUT2D eigenvalue weighted by molar-refractivity contribution is -0.142. The zero-order chi connectivity index (χ0) is 13.1. The van der Waals surface area contributed by atoms with Gasteiger partial charge in [0.2, 0.25) is 17.7 Å². The molecule has 0 bridgehead atoms. The molecule has 6 nitrogen and oxygen atoms in total. The molecule has 2 fully saturated rings. The third kappa shape index (κ3) is 1.46. The number of nitrogen functional groups attached to an aromatic ring is 1. The number of fused-ring (bicyclic) bond motifs is 2. The lowest BCUT2D eigenvalue weighted by Crippen LogP contribution is -2.32. The van der Waals surface area contributed by atoms with E-state index < -0.39 is 0 Å². The first-order chi connectivity index (χ1) is 9.13. The maximum Gasteiger partial charge on any atom is 0.233 e. The molecule has 0 radical (unpaired) electrons. The monoisotopic (exact) mass is 257 g/mol. The molecule has 2 heterocycles. The third-order valence-electron chi connectivity index (χ3n) is 3.71. The predicted molar refractivity (Wildman–Crippen MR) is 65.6 cm³/mol. The molecular weight excluding hydrogens is 246 g/mol. The lowest BCUT2D eigenvalue weighted by atomic mass is 10.3. The Bertz CT molecular complexity index is 701. The van der Waals surface area contributed by atoms with Gasteiger partial charge in [0.15, 0.2) is 5.58 Å². The molecule has 1 saturated heterocycles. The number of nitrogens with zero attached hydrogens (tertiary/aromatic N) is 2. The van der Waals surface area contributed by atoms with Crippen LogP contribution in [-0.2, 0) is 16.1 Å². The van der Waals surface area contributed by atoms with Gasteiger partial charge in [-0.2, -0.15) is 0 Å². The predicted octanol–water partition coefficient (Wildman–Crippen LogP) is 0.915. The van der Waals surface area contributed by atoms with Crippen molar-refractivity contribution in [1.29, 1.82) is 0 Å². The van der Waals surface area contributed by atoms with Gasteiger partial charge in [0.05, 0.1) is 11.8 Å². The van der Waals surface area contributed by atoms with E-state index in [9.17, 15) is 9.59 Å². The highest BCUT2D eigenvalue weighted by Gasteiger charge is 2.58. The van der Waals surface area contributed by atoms with Crippen LogP contribution >= 0.6 is 0 Å². The molecule has 0 spiro atoms. The topological polar surface area (TPSA) is 89.4 Å². The fourth-order valence-corrected chi connectivity index (χ4v) is 2.60. The molecule has 19 heavy (non-hydrogen) atoms. The normalized spacial score (nSPS) is 25.2. The van der Waals surface area contributed by atoms with Crippen LogP contribution in [0, 0.1) is 11.8 Å². The number of oxazole rings is 1. The first kappa shape index (κ1) is 10.5. The van der Waals surface area contributed by atoms with Crippen LogP contribution < -0.4 is 5.73 Å². The van der Waals surface area contributed by atoms with Crippen LogP contribution in [0.15, 0.2) is 22.6 Å². The van der Waals surface area contributed by atoms with Gasteiger partial charge in [-0.3, -0.25) is 14.5 Å². The number of hydrogen-bond acceptors (Lipinski definition) is 5. The van der Waals surface area contributed by atoms with Crippen LogP contribution in [-0.4, -0.2) is 21.7 Å². The minimum absolute atomic E-state index is 0.0903. The summed E-state index contributed by atoms with van der Waals surface area (Å²) in [5.74, 6) is -0.0165. The highest BCUT2D eigenvalue weighted by Crippen LogP contribution is 2.47. The van der Waals surface area contributed by atoms with E-state index in [1.807, 2.05) is 0 Å². The number of likely N-dealkylation sites (tertiary alicyclic amines) is 1. The van der Waals surface area contributed by atoms with Gasteiger partial charge >= 0.3 is 0 Å². The van der Waals surface area contributed by atoms with E-state index in [4.69, 9.17) is 10.2 Å². The fraction of sp³-hybridized carbons (Fsp3) is 0.308. The van der Waals surface area contributed by atoms with E-state index in [1.54, 1.807) is 18.2 Å². The van der Waals surface area contributed by atoms with Gasteiger partial charge in [-0.25, -0.2) is 4.98 Å². The summed E-state index contributed by atoms with van der Waals surface area (Å²) in [6, 6.07) is 5.16. The number of carbonyl (C=O) groups excluding carboxylic acids is 2. The Labute approximate surface area is 108 Å². The molecule has 2 atom stereocenters. The minimum atomic E-state index is -0.100. The maximum absolute atomic E-state index is 11.8. The number of amides is 2. The maximum atomic E-state index is 11.8. The average molecular weight is 257 g/mol. The smallest absolute Gasteiger partial charge is 0.233 e. The van der Waals surface area contributed by atoms with E-state index in [1.165, 1.54) is 4.90 Å². The molecule has 1 aromatic carbocycles. The Balaban J connectivity index is 1.65. The van der Waals surface area contributed by atoms with Crippen molar-refractivity contribution < 1.29 is 14.0 Å². The molecular formula is C13H11N3O3. The summed E-state index contributed by atoms with van der Waals surface area (Å²) in [5, 5.41) is 0. The van der Waals surface area contributed by atoms with Crippen molar-refractivity contribution in [2.75, 3.05) is 5.73 Å². The van der Waals surface area contributed by atoms with Crippen LogP contribution in [0.25, 0.3) is 11.1 Å². The van der Waals surface area contributed by atoms with Crippen molar-refractivity contribution in [3.05, 3.63) is 24.1 Å². The fourth-order valence-electron chi connectivity index (χ4n) is 2.60. The second-order valence-electron chi connectivity index (χ2n) is 5.05. The van der Waals surface area contributed by atoms with Gasteiger partial charge in [0, 0.05) is 11.8 Å². The number of nitrogens with two attached hydrogens (primary N) is 1. The standard InChI is InChI=1S/C13H11N3O3/c14-6-1-2-9-10(3-6)19-11(15-9)5-16-12(17)7-4-8(7)13(16)18/h1-3,7-8H,4-5,14H2. The zero-order valence-electron chi connectivity index (χ0n) is 10.00. The van der Waals surface area contributed by atoms with Crippen LogP contribution in [0.2, 0.25) is 0 Å². The summed E-state index contributed by atoms with van der Waals surface area (Å²) in [5.41, 5.74) is 7.49. The molecule has 1 saturated carbocycles. The van der Waals surface area contributed by atoms with Gasteiger partial charge in [-0.15, -0.1) is 0 Å². The minimum Gasteiger partial charge on any atom is -0.439 e. The van der Waals surface area contributed by atoms with E-state index in [-0.39, 0.29) is 30.2 Å². The number of benzene rings is 1. The first-order valence-corrected chi connectivity index (χ1v) is 6.13. The van der Waals surface area contributed by atoms with E-state index in [2.05, 4.69) is 4.98 Å². The number of rotatable bonds is 2. The summed E-state index contributed by atoms with van der Waals surface area (Å²) in [6.45, 7) is 0.110. The Kier molecular flexibility index (Phi) is 1.86. The largest absolute Gasteiger partial charge is 0.439 e. The third-order valence-corrected chi connectivity index (χ3v) is 3.71. The van der Waals surface area contributed by atoms with Gasteiger partial charge in [-0.05, 0) is 18.6 Å². The van der Waals surface area contributed by atoms with E-state index >= 15 is 0 Å². The van der Waals surface area contributed by atoms with E-state index in [0.717, 1.165) is 0 Å². The van der Waals surface area contributed by atoms with Crippen molar-refractivity contribution in [3.63, 3.8) is 0 Å². The SMILES string of the molecule is Nc1ccc2nc(CN3C(=O)C4CC4C3=O)oc2c1. The van der Waals surface area contributed by atoms with Gasteiger partial charge in [0.1, 0.15) is 12.1 Å². The van der Waals surface area contributed by atoms with Crippen LogP contribution in [0.5, 0.6) is 0 Å². The summed E-state index contributed by atoms with van der Waals surface area (Å²) >= 11 is 0. The van der Waals surface area contributed by atoms with Gasteiger partial charge < -0.3 is 10.2 Å². The average Bonchev–Trinajstić information content (AvgIpc) is 3.03. The van der Waals surface area contributed by atoms with Crippen molar-refractivity contribution in [1.82, 2.24) is 9.88 Å². The number of aromatic nitrogens is 1. The lowest BCUT2D eigenvalue weighted by Gasteiger charge is -2.13. The van der Waals surface area contributed by atoms with Gasteiger partial charge in [-0.1, -0.05) is 0 Å². The molecule has 1 aromatic heterocycles. The number of piperidine rings is 1. The van der Waals surface area contributed by atoms with Crippen molar-refractivity contribution >= 4 is 28.6 Å². The summed E-state index contributed by atoms with van der Waals surface area (Å²) in [7, 11) is 0. The van der Waals surface area contributed by atoms with Crippen molar-refractivity contribution in [2.24, 2.45) is 11.8 Å².